The molecule has 0 aromatic heterocycles. The Labute approximate surface area is 140 Å². The molecule has 1 amide bonds. The number of hydrogen-bond acceptors (Lipinski definition) is 4. The molecule has 2 aromatic carbocycles. The van der Waals surface area contributed by atoms with E-state index in [2.05, 4.69) is 22.2 Å². The molecule has 2 aromatic rings. The summed E-state index contributed by atoms with van der Waals surface area (Å²) in [6.45, 7) is 0.655. The van der Waals surface area contributed by atoms with Gasteiger partial charge in [-0.25, -0.2) is 9.59 Å². The monoisotopic (exact) mass is 320 g/mol. The number of rotatable bonds is 5. The molecule has 0 saturated carbocycles. The van der Waals surface area contributed by atoms with Crippen LogP contribution >= 0.6 is 0 Å². The number of isocyanates is 1. The normalized spacial score (nSPS) is 9.17. The van der Waals surface area contributed by atoms with Gasteiger partial charge in [0.25, 0.3) is 0 Å². The molecule has 0 fully saturated rings. The number of alkyl carbamates (subject to hydrolysis) is 1. The molecular formula is C19H16N2O3. The Hall–Kier alpha value is -3.35. The van der Waals surface area contributed by atoms with Crippen molar-refractivity contribution in [1.82, 2.24) is 5.32 Å². The second-order valence-corrected chi connectivity index (χ2v) is 4.79. The van der Waals surface area contributed by atoms with Crippen LogP contribution in [0.3, 0.4) is 0 Å². The van der Waals surface area contributed by atoms with E-state index in [1.807, 2.05) is 30.3 Å². The standard InChI is InChI=1S/C19H16N2O3/c22-15-21-18-11-9-16(10-12-18)6-4-5-13-20-19(23)24-14-17-7-2-1-3-8-17/h1-3,7-12H,5,13-14H2,(H,20,23). The van der Waals surface area contributed by atoms with Crippen molar-refractivity contribution in [3.63, 3.8) is 0 Å². The van der Waals surface area contributed by atoms with Crippen LogP contribution in [0.5, 0.6) is 0 Å². The summed E-state index contributed by atoms with van der Waals surface area (Å²) in [5, 5.41) is 2.64. The topological polar surface area (TPSA) is 67.8 Å². The number of nitrogens with zero attached hydrogens (tertiary/aromatic N) is 1. The zero-order valence-electron chi connectivity index (χ0n) is 13.0. The molecule has 5 nitrogen and oxygen atoms in total. The van der Waals surface area contributed by atoms with E-state index in [1.54, 1.807) is 24.3 Å². The zero-order valence-corrected chi connectivity index (χ0v) is 13.0. The summed E-state index contributed by atoms with van der Waals surface area (Å²) >= 11 is 0. The van der Waals surface area contributed by atoms with E-state index in [0.29, 0.717) is 18.7 Å². The highest BCUT2D eigenvalue weighted by Crippen LogP contribution is 2.11. The van der Waals surface area contributed by atoms with E-state index >= 15 is 0 Å². The third-order valence-corrected chi connectivity index (χ3v) is 3.01. The Morgan fingerprint density at radius 1 is 1.08 bits per heavy atom. The van der Waals surface area contributed by atoms with Crippen LogP contribution in [0.25, 0.3) is 0 Å². The highest BCUT2D eigenvalue weighted by atomic mass is 16.5. The second kappa shape index (κ2) is 9.62. The van der Waals surface area contributed by atoms with Crippen LogP contribution in [0.4, 0.5) is 10.5 Å². The molecule has 2 rings (SSSR count). The minimum Gasteiger partial charge on any atom is -0.445 e. The number of carbonyl (C=O) groups is 1. The maximum absolute atomic E-state index is 11.5. The van der Waals surface area contributed by atoms with Gasteiger partial charge in [-0.05, 0) is 29.8 Å². The number of ether oxygens (including phenoxy) is 1. The van der Waals surface area contributed by atoms with Gasteiger partial charge in [0.05, 0.1) is 5.69 Å². The van der Waals surface area contributed by atoms with Crippen LogP contribution in [-0.2, 0) is 16.1 Å². The van der Waals surface area contributed by atoms with Gasteiger partial charge >= 0.3 is 6.09 Å². The molecule has 0 aliphatic rings. The first kappa shape index (κ1) is 17.0. The molecule has 0 spiro atoms. The lowest BCUT2D eigenvalue weighted by molar-refractivity contribution is 0.140. The minimum absolute atomic E-state index is 0.244. The third-order valence-electron chi connectivity index (χ3n) is 3.01. The van der Waals surface area contributed by atoms with Crippen molar-refractivity contribution in [3.05, 3.63) is 65.7 Å². The number of nitrogens with one attached hydrogen (secondary N) is 1. The number of aliphatic imine (C=N–C) groups is 1. The average Bonchev–Trinajstić information content (AvgIpc) is 2.62. The fourth-order valence-corrected chi connectivity index (χ4v) is 1.84. The molecule has 0 bridgehead atoms. The molecule has 24 heavy (non-hydrogen) atoms. The molecule has 1 N–H and O–H groups in total. The van der Waals surface area contributed by atoms with Gasteiger partial charge in [-0.2, -0.15) is 4.99 Å². The minimum atomic E-state index is -0.461. The number of hydrogen-bond donors (Lipinski definition) is 1. The lowest BCUT2D eigenvalue weighted by Gasteiger charge is -2.05. The molecule has 120 valence electrons. The summed E-state index contributed by atoms with van der Waals surface area (Å²) in [6, 6.07) is 16.4. The molecule has 0 radical (unpaired) electrons. The largest absolute Gasteiger partial charge is 0.445 e. The van der Waals surface area contributed by atoms with Crippen LogP contribution in [0.2, 0.25) is 0 Å². The van der Waals surface area contributed by atoms with Crippen molar-refractivity contribution >= 4 is 17.9 Å². The van der Waals surface area contributed by atoms with Crippen molar-refractivity contribution < 1.29 is 14.3 Å². The molecule has 0 heterocycles. The van der Waals surface area contributed by atoms with Gasteiger partial charge in [-0.1, -0.05) is 42.2 Å². The average molecular weight is 320 g/mol. The summed E-state index contributed by atoms with van der Waals surface area (Å²) in [4.78, 5) is 25.1. The predicted molar refractivity (Wildman–Crippen MR) is 90.3 cm³/mol. The van der Waals surface area contributed by atoms with Gasteiger partial charge < -0.3 is 10.1 Å². The first-order valence-corrected chi connectivity index (χ1v) is 7.39. The predicted octanol–water partition coefficient (Wildman–Crippen LogP) is 3.32. The summed E-state index contributed by atoms with van der Waals surface area (Å²) in [7, 11) is 0. The second-order valence-electron chi connectivity index (χ2n) is 4.79. The highest BCUT2D eigenvalue weighted by molar-refractivity contribution is 5.67. The first-order chi connectivity index (χ1) is 11.8. The fourth-order valence-electron chi connectivity index (χ4n) is 1.84. The van der Waals surface area contributed by atoms with E-state index < -0.39 is 6.09 Å². The summed E-state index contributed by atoms with van der Waals surface area (Å²) in [5.41, 5.74) is 2.29. The van der Waals surface area contributed by atoms with E-state index in [-0.39, 0.29) is 6.61 Å². The summed E-state index contributed by atoms with van der Waals surface area (Å²) in [6.07, 6.45) is 1.53. The number of carbonyl (C=O) groups excluding carboxylic acids is 2. The van der Waals surface area contributed by atoms with Crippen molar-refractivity contribution in [2.24, 2.45) is 4.99 Å². The molecule has 0 atom stereocenters. The smallest absolute Gasteiger partial charge is 0.407 e. The maximum atomic E-state index is 11.5. The fraction of sp³-hybridized carbons (Fsp3) is 0.158. The van der Waals surface area contributed by atoms with Gasteiger partial charge in [-0.3, -0.25) is 0 Å². The Morgan fingerprint density at radius 2 is 1.83 bits per heavy atom. The van der Waals surface area contributed by atoms with Gasteiger partial charge in [0.1, 0.15) is 6.61 Å². The quantitative estimate of drug-likeness (QED) is 0.398. The van der Waals surface area contributed by atoms with Gasteiger partial charge in [0.15, 0.2) is 0 Å². The zero-order chi connectivity index (χ0) is 17.0. The Balaban J connectivity index is 1.67. The van der Waals surface area contributed by atoms with Crippen molar-refractivity contribution in [2.75, 3.05) is 6.54 Å². The highest BCUT2D eigenvalue weighted by Gasteiger charge is 2.00. The lowest BCUT2D eigenvalue weighted by Crippen LogP contribution is -2.24. The Morgan fingerprint density at radius 3 is 2.54 bits per heavy atom. The van der Waals surface area contributed by atoms with E-state index in [0.717, 1.165) is 11.1 Å². The Bertz CT molecular complexity index is 768. The first-order valence-electron chi connectivity index (χ1n) is 7.39. The molecule has 5 heteroatoms. The van der Waals surface area contributed by atoms with Crippen LogP contribution in [-0.4, -0.2) is 18.7 Å². The molecular weight excluding hydrogens is 304 g/mol. The molecule has 0 unspecified atom stereocenters. The van der Waals surface area contributed by atoms with Crippen LogP contribution in [0, 0.1) is 11.8 Å². The van der Waals surface area contributed by atoms with Crippen molar-refractivity contribution in [1.29, 1.82) is 0 Å². The lowest BCUT2D eigenvalue weighted by atomic mass is 10.2. The number of amides is 1. The SMILES string of the molecule is O=C=Nc1ccc(C#CCCNC(=O)OCc2ccccc2)cc1. The van der Waals surface area contributed by atoms with Gasteiger partial charge in [-0.15, -0.1) is 0 Å². The van der Waals surface area contributed by atoms with E-state index in [1.165, 1.54) is 6.08 Å². The van der Waals surface area contributed by atoms with Crippen LogP contribution in [0.1, 0.15) is 17.5 Å². The maximum Gasteiger partial charge on any atom is 0.407 e. The summed E-state index contributed by atoms with van der Waals surface area (Å²) < 4.78 is 5.09. The van der Waals surface area contributed by atoms with E-state index in [9.17, 15) is 9.59 Å². The van der Waals surface area contributed by atoms with Crippen LogP contribution in [0.15, 0.2) is 59.6 Å². The van der Waals surface area contributed by atoms with E-state index in [4.69, 9.17) is 4.74 Å². The van der Waals surface area contributed by atoms with Crippen molar-refractivity contribution in [3.8, 4) is 11.8 Å². The van der Waals surface area contributed by atoms with Gasteiger partial charge in [0, 0.05) is 18.5 Å². The van der Waals surface area contributed by atoms with Crippen LogP contribution < -0.4 is 5.32 Å². The van der Waals surface area contributed by atoms with Gasteiger partial charge in [0.2, 0.25) is 6.08 Å². The Kier molecular flexibility index (Phi) is 6.82. The molecule has 0 saturated heterocycles. The molecule has 0 aliphatic heterocycles. The summed E-state index contributed by atoms with van der Waals surface area (Å²) in [5.74, 6) is 5.92. The number of benzene rings is 2. The molecule has 0 aliphatic carbocycles. The van der Waals surface area contributed by atoms with Crippen molar-refractivity contribution in [2.45, 2.75) is 13.0 Å². The third kappa shape index (κ3) is 6.18.